The second-order valence-electron chi connectivity index (χ2n) is 12.6. The standard InChI is InChI=1S/C31H41N3O3S/c1-38(36,37)34(22-30(35)32-20-23-4-6-24(7-5-23)21-33-12-2-3-13-33)29-10-8-28(9-11-29)31-17-25-14-26(18-31)16-27(15-25)19-31/h4-11,25-27H,2-3,12-22H2,1H3,(H,32,35). The maximum Gasteiger partial charge on any atom is 0.241 e. The Labute approximate surface area is 227 Å². The molecule has 0 spiro atoms. The van der Waals surface area contributed by atoms with Crippen molar-refractivity contribution in [2.75, 3.05) is 30.2 Å². The molecule has 38 heavy (non-hydrogen) atoms. The molecule has 7 rings (SSSR count). The summed E-state index contributed by atoms with van der Waals surface area (Å²) < 4.78 is 26.6. The van der Waals surface area contributed by atoms with E-state index in [4.69, 9.17) is 0 Å². The largest absolute Gasteiger partial charge is 0.350 e. The molecule has 204 valence electrons. The van der Waals surface area contributed by atoms with Crippen molar-refractivity contribution in [3.8, 4) is 0 Å². The summed E-state index contributed by atoms with van der Waals surface area (Å²) >= 11 is 0. The maximum atomic E-state index is 12.8. The number of likely N-dealkylation sites (tertiary alicyclic amines) is 1. The molecule has 2 aromatic rings. The lowest BCUT2D eigenvalue weighted by Crippen LogP contribution is -2.48. The average Bonchev–Trinajstić information content (AvgIpc) is 3.39. The zero-order valence-corrected chi connectivity index (χ0v) is 23.4. The van der Waals surface area contributed by atoms with Gasteiger partial charge >= 0.3 is 0 Å². The van der Waals surface area contributed by atoms with E-state index in [1.165, 1.54) is 86.1 Å². The molecule has 5 aliphatic rings. The van der Waals surface area contributed by atoms with Crippen molar-refractivity contribution in [3.05, 3.63) is 65.2 Å². The van der Waals surface area contributed by atoms with Gasteiger partial charge in [0, 0.05) is 13.1 Å². The lowest BCUT2D eigenvalue weighted by Gasteiger charge is -2.57. The van der Waals surface area contributed by atoms with Crippen LogP contribution in [0.25, 0.3) is 0 Å². The zero-order chi connectivity index (χ0) is 26.3. The van der Waals surface area contributed by atoms with Crippen LogP contribution in [0.3, 0.4) is 0 Å². The van der Waals surface area contributed by atoms with Crippen LogP contribution < -0.4 is 9.62 Å². The number of amides is 1. The molecule has 5 fully saturated rings. The number of anilines is 1. The Morgan fingerprint density at radius 3 is 2.00 bits per heavy atom. The molecule has 4 aliphatic carbocycles. The fourth-order valence-corrected chi connectivity index (χ4v) is 9.05. The minimum Gasteiger partial charge on any atom is -0.350 e. The Balaban J connectivity index is 1.08. The Morgan fingerprint density at radius 1 is 0.895 bits per heavy atom. The molecular formula is C31H41N3O3S. The first-order valence-corrected chi connectivity index (χ1v) is 16.3. The van der Waals surface area contributed by atoms with Crippen molar-refractivity contribution in [2.45, 2.75) is 69.9 Å². The molecule has 2 aromatic carbocycles. The van der Waals surface area contributed by atoms with Gasteiger partial charge in [-0.3, -0.25) is 14.0 Å². The highest BCUT2D eigenvalue weighted by Crippen LogP contribution is 2.60. The Morgan fingerprint density at radius 2 is 1.45 bits per heavy atom. The summed E-state index contributed by atoms with van der Waals surface area (Å²) in [4.78, 5) is 15.3. The fraction of sp³-hybridized carbons (Fsp3) is 0.581. The van der Waals surface area contributed by atoms with Gasteiger partial charge in [-0.05, 0) is 116 Å². The summed E-state index contributed by atoms with van der Waals surface area (Å²) in [6.07, 6.45) is 11.8. The van der Waals surface area contributed by atoms with E-state index in [0.29, 0.717) is 12.2 Å². The van der Waals surface area contributed by atoms with Gasteiger partial charge in [0.2, 0.25) is 15.9 Å². The first-order chi connectivity index (χ1) is 18.3. The van der Waals surface area contributed by atoms with Gasteiger partial charge in [0.25, 0.3) is 0 Å². The van der Waals surface area contributed by atoms with Gasteiger partial charge in [-0.25, -0.2) is 8.42 Å². The van der Waals surface area contributed by atoms with Gasteiger partial charge in [-0.2, -0.15) is 0 Å². The minimum atomic E-state index is -3.60. The normalized spacial score (nSPS) is 28.5. The highest BCUT2D eigenvalue weighted by Gasteiger charge is 2.51. The molecule has 1 aliphatic heterocycles. The van der Waals surface area contributed by atoms with Crippen LogP contribution in [0, 0.1) is 17.8 Å². The van der Waals surface area contributed by atoms with Gasteiger partial charge in [0.05, 0.1) is 11.9 Å². The van der Waals surface area contributed by atoms with Crippen LogP contribution in [0.15, 0.2) is 48.5 Å². The smallest absolute Gasteiger partial charge is 0.241 e. The van der Waals surface area contributed by atoms with Crippen molar-refractivity contribution < 1.29 is 13.2 Å². The number of sulfonamides is 1. The van der Waals surface area contributed by atoms with Crippen molar-refractivity contribution in [1.29, 1.82) is 0 Å². The molecule has 4 saturated carbocycles. The third kappa shape index (κ3) is 5.50. The Hall–Kier alpha value is -2.38. The van der Waals surface area contributed by atoms with Crippen LogP contribution in [0.4, 0.5) is 5.69 Å². The maximum absolute atomic E-state index is 12.8. The fourth-order valence-electron chi connectivity index (χ4n) is 8.19. The van der Waals surface area contributed by atoms with Crippen LogP contribution in [-0.2, 0) is 33.3 Å². The van der Waals surface area contributed by atoms with Crippen molar-refractivity contribution in [1.82, 2.24) is 10.2 Å². The predicted octanol–water partition coefficient (Wildman–Crippen LogP) is 4.83. The second kappa shape index (κ2) is 10.3. The third-order valence-electron chi connectivity index (χ3n) is 9.61. The average molecular weight is 536 g/mol. The first-order valence-electron chi connectivity index (χ1n) is 14.4. The lowest BCUT2D eigenvalue weighted by molar-refractivity contribution is -0.119. The molecule has 6 nitrogen and oxygen atoms in total. The highest BCUT2D eigenvalue weighted by atomic mass is 32.2. The van der Waals surface area contributed by atoms with Crippen LogP contribution in [0.2, 0.25) is 0 Å². The van der Waals surface area contributed by atoms with E-state index in [2.05, 4.69) is 34.5 Å². The minimum absolute atomic E-state index is 0.220. The SMILES string of the molecule is CS(=O)(=O)N(CC(=O)NCc1ccc(CN2CCCC2)cc1)c1ccc(C23CC4CC(CC(C4)C2)C3)cc1. The van der Waals surface area contributed by atoms with E-state index in [1.54, 1.807) is 0 Å². The lowest BCUT2D eigenvalue weighted by atomic mass is 9.48. The number of rotatable bonds is 9. The monoisotopic (exact) mass is 535 g/mol. The molecule has 1 N–H and O–H groups in total. The summed E-state index contributed by atoms with van der Waals surface area (Å²) in [7, 11) is -3.60. The summed E-state index contributed by atoms with van der Waals surface area (Å²) in [6, 6.07) is 16.4. The van der Waals surface area contributed by atoms with E-state index in [9.17, 15) is 13.2 Å². The van der Waals surface area contributed by atoms with Crippen LogP contribution in [-0.4, -0.2) is 45.1 Å². The Kier molecular flexibility index (Phi) is 7.02. The number of hydrogen-bond donors (Lipinski definition) is 1. The third-order valence-corrected chi connectivity index (χ3v) is 10.8. The van der Waals surface area contributed by atoms with Crippen molar-refractivity contribution in [2.24, 2.45) is 17.8 Å². The summed E-state index contributed by atoms with van der Waals surface area (Å²) in [5, 5.41) is 2.91. The topological polar surface area (TPSA) is 69.7 Å². The van der Waals surface area contributed by atoms with Crippen molar-refractivity contribution >= 4 is 21.6 Å². The van der Waals surface area contributed by atoms with Crippen LogP contribution in [0.5, 0.6) is 0 Å². The number of carbonyl (C=O) groups is 1. The molecule has 1 heterocycles. The van der Waals surface area contributed by atoms with Crippen LogP contribution >= 0.6 is 0 Å². The molecular weight excluding hydrogens is 494 g/mol. The number of nitrogens with zero attached hydrogens (tertiary/aromatic N) is 2. The van der Waals surface area contributed by atoms with E-state index < -0.39 is 10.0 Å². The second-order valence-corrected chi connectivity index (χ2v) is 14.5. The number of nitrogens with one attached hydrogen (secondary N) is 1. The van der Waals surface area contributed by atoms with E-state index >= 15 is 0 Å². The van der Waals surface area contributed by atoms with Crippen molar-refractivity contribution in [3.63, 3.8) is 0 Å². The van der Waals surface area contributed by atoms with E-state index in [1.807, 2.05) is 24.3 Å². The highest BCUT2D eigenvalue weighted by molar-refractivity contribution is 7.92. The molecule has 0 aromatic heterocycles. The molecule has 4 bridgehead atoms. The van der Waals surface area contributed by atoms with Gasteiger partial charge in [-0.15, -0.1) is 0 Å². The molecule has 1 amide bonds. The Bertz CT molecular complexity index is 1210. The summed E-state index contributed by atoms with van der Waals surface area (Å²) in [5.41, 5.74) is 4.47. The number of benzene rings is 2. The van der Waals surface area contributed by atoms with E-state index in [0.717, 1.165) is 29.9 Å². The number of hydrogen-bond acceptors (Lipinski definition) is 4. The molecule has 1 saturated heterocycles. The molecule has 0 radical (unpaired) electrons. The van der Waals surface area contributed by atoms with E-state index in [-0.39, 0.29) is 17.9 Å². The van der Waals surface area contributed by atoms with Crippen LogP contribution in [0.1, 0.15) is 68.1 Å². The predicted molar refractivity (Wildman–Crippen MR) is 151 cm³/mol. The molecule has 7 heteroatoms. The van der Waals surface area contributed by atoms with Gasteiger partial charge < -0.3 is 5.32 Å². The summed E-state index contributed by atoms with van der Waals surface area (Å²) in [5.74, 6) is 2.27. The molecule has 0 unspecified atom stereocenters. The van der Waals surface area contributed by atoms with Gasteiger partial charge in [0.15, 0.2) is 0 Å². The quantitative estimate of drug-likeness (QED) is 0.499. The summed E-state index contributed by atoms with van der Waals surface area (Å²) in [6.45, 7) is 3.46. The number of carbonyl (C=O) groups excluding carboxylic acids is 1. The molecule has 0 atom stereocenters. The van der Waals surface area contributed by atoms with Gasteiger partial charge in [0.1, 0.15) is 6.54 Å². The zero-order valence-electron chi connectivity index (χ0n) is 22.6. The van der Waals surface area contributed by atoms with Gasteiger partial charge in [-0.1, -0.05) is 36.4 Å². The first kappa shape index (κ1) is 25.9.